The zero-order chi connectivity index (χ0) is 15.2. The maximum absolute atomic E-state index is 9.97. The second-order valence-electron chi connectivity index (χ2n) is 6.00. The zero-order valence-corrected chi connectivity index (χ0v) is 13.6. The summed E-state index contributed by atoms with van der Waals surface area (Å²) in [5.41, 5.74) is 0. The fourth-order valence-electron chi connectivity index (χ4n) is 2.81. The second-order valence-corrected chi connectivity index (χ2v) is 6.00. The molecule has 0 aromatic heterocycles. The summed E-state index contributed by atoms with van der Waals surface area (Å²) in [6.45, 7) is 9.56. The van der Waals surface area contributed by atoms with Gasteiger partial charge in [-0.15, -0.1) is 0 Å². The van der Waals surface area contributed by atoms with E-state index in [1.54, 1.807) is 0 Å². The molecule has 0 bridgehead atoms. The van der Waals surface area contributed by atoms with E-state index in [1.165, 1.54) is 51.7 Å². The van der Waals surface area contributed by atoms with Gasteiger partial charge in [-0.25, -0.2) is 0 Å². The molecule has 2 rings (SSSR count). The van der Waals surface area contributed by atoms with Gasteiger partial charge in [-0.1, -0.05) is 6.92 Å². The van der Waals surface area contributed by atoms with Crippen LogP contribution in [-0.2, 0) is 4.79 Å². The Hall–Kier alpha value is -0.490. The largest absolute Gasteiger partial charge is 0.317 e. The SMILES string of the molecule is CCCNC1CCNCC1.O=CCNCC1CCNCC1. The van der Waals surface area contributed by atoms with Gasteiger partial charge in [0.1, 0.15) is 6.29 Å². The molecule has 0 aliphatic carbocycles. The van der Waals surface area contributed by atoms with Gasteiger partial charge in [0.2, 0.25) is 0 Å². The first-order valence-corrected chi connectivity index (χ1v) is 8.66. The lowest BCUT2D eigenvalue weighted by molar-refractivity contribution is -0.107. The summed E-state index contributed by atoms with van der Waals surface area (Å²) >= 11 is 0. The summed E-state index contributed by atoms with van der Waals surface area (Å²) in [4.78, 5) is 9.97. The number of nitrogens with one attached hydrogen (secondary N) is 4. The van der Waals surface area contributed by atoms with Crippen molar-refractivity contribution in [1.82, 2.24) is 21.3 Å². The molecule has 21 heavy (non-hydrogen) atoms. The van der Waals surface area contributed by atoms with Crippen LogP contribution in [0, 0.1) is 5.92 Å². The Morgan fingerprint density at radius 3 is 2.24 bits per heavy atom. The highest BCUT2D eigenvalue weighted by Gasteiger charge is 2.11. The summed E-state index contributed by atoms with van der Waals surface area (Å²) in [7, 11) is 0. The maximum atomic E-state index is 9.97. The molecule has 0 radical (unpaired) electrons. The first-order valence-electron chi connectivity index (χ1n) is 8.66. The Bertz CT molecular complexity index is 238. The van der Waals surface area contributed by atoms with Crippen molar-refractivity contribution in [2.75, 3.05) is 45.8 Å². The molecule has 2 aliphatic rings. The van der Waals surface area contributed by atoms with E-state index < -0.39 is 0 Å². The van der Waals surface area contributed by atoms with Crippen LogP contribution in [0.3, 0.4) is 0 Å². The Kier molecular flexibility index (Phi) is 11.7. The van der Waals surface area contributed by atoms with Crippen LogP contribution >= 0.6 is 0 Å². The second kappa shape index (κ2) is 13.2. The molecule has 2 heterocycles. The number of carbonyl (C=O) groups is 1. The van der Waals surface area contributed by atoms with Crippen molar-refractivity contribution in [1.29, 1.82) is 0 Å². The fraction of sp³-hybridized carbons (Fsp3) is 0.938. The number of aldehydes is 1. The molecule has 0 spiro atoms. The number of hydrogen-bond acceptors (Lipinski definition) is 5. The van der Waals surface area contributed by atoms with Gasteiger partial charge in [0.15, 0.2) is 0 Å². The van der Waals surface area contributed by atoms with Crippen molar-refractivity contribution in [3.8, 4) is 0 Å². The van der Waals surface area contributed by atoms with E-state index in [-0.39, 0.29) is 0 Å². The predicted molar refractivity (Wildman–Crippen MR) is 88.7 cm³/mol. The van der Waals surface area contributed by atoms with E-state index in [2.05, 4.69) is 28.2 Å². The number of hydrogen-bond donors (Lipinski definition) is 4. The molecule has 124 valence electrons. The molecule has 2 aliphatic heterocycles. The van der Waals surface area contributed by atoms with E-state index in [1.807, 2.05) is 0 Å². The Labute approximate surface area is 130 Å². The van der Waals surface area contributed by atoms with Crippen molar-refractivity contribution < 1.29 is 4.79 Å². The van der Waals surface area contributed by atoms with Gasteiger partial charge in [0.25, 0.3) is 0 Å². The van der Waals surface area contributed by atoms with Crippen LogP contribution in [0.2, 0.25) is 0 Å². The van der Waals surface area contributed by atoms with Crippen LogP contribution < -0.4 is 21.3 Å². The molecule has 0 unspecified atom stereocenters. The molecule has 0 atom stereocenters. The number of carbonyl (C=O) groups excluding carboxylic acids is 1. The minimum absolute atomic E-state index is 0.504. The summed E-state index contributed by atoms with van der Waals surface area (Å²) in [6.07, 6.45) is 7.27. The van der Waals surface area contributed by atoms with Crippen LogP contribution in [-0.4, -0.2) is 58.1 Å². The van der Waals surface area contributed by atoms with Crippen molar-refractivity contribution in [3.63, 3.8) is 0 Å². The third kappa shape index (κ3) is 9.96. The minimum Gasteiger partial charge on any atom is -0.317 e. The topological polar surface area (TPSA) is 65.2 Å². The van der Waals surface area contributed by atoms with E-state index in [4.69, 9.17) is 0 Å². The summed E-state index contributed by atoms with van der Waals surface area (Å²) in [6, 6.07) is 0.793. The van der Waals surface area contributed by atoms with E-state index >= 15 is 0 Å². The first-order chi connectivity index (χ1) is 10.4. The fourth-order valence-corrected chi connectivity index (χ4v) is 2.81. The molecule has 5 heteroatoms. The number of rotatable bonds is 7. The molecular formula is C16H34N4O. The van der Waals surface area contributed by atoms with Crippen molar-refractivity contribution in [2.45, 2.75) is 45.1 Å². The first kappa shape index (κ1) is 18.6. The average molecular weight is 298 g/mol. The van der Waals surface area contributed by atoms with Crippen LogP contribution in [0.4, 0.5) is 0 Å². The molecule has 0 amide bonds. The zero-order valence-electron chi connectivity index (χ0n) is 13.6. The van der Waals surface area contributed by atoms with Crippen LogP contribution in [0.1, 0.15) is 39.0 Å². The van der Waals surface area contributed by atoms with E-state index in [0.29, 0.717) is 6.54 Å². The van der Waals surface area contributed by atoms with Crippen LogP contribution in [0.5, 0.6) is 0 Å². The highest BCUT2D eigenvalue weighted by atomic mass is 16.1. The Balaban J connectivity index is 0.000000211. The van der Waals surface area contributed by atoms with Gasteiger partial charge in [-0.2, -0.15) is 0 Å². The lowest BCUT2D eigenvalue weighted by Crippen LogP contribution is -2.40. The molecule has 5 nitrogen and oxygen atoms in total. The van der Waals surface area contributed by atoms with Crippen LogP contribution in [0.15, 0.2) is 0 Å². The van der Waals surface area contributed by atoms with E-state index in [9.17, 15) is 4.79 Å². The lowest BCUT2D eigenvalue weighted by atomic mass is 9.98. The van der Waals surface area contributed by atoms with E-state index in [0.717, 1.165) is 37.9 Å². The lowest BCUT2D eigenvalue weighted by Gasteiger charge is -2.23. The molecule has 2 fully saturated rings. The molecule has 4 N–H and O–H groups in total. The Morgan fingerprint density at radius 1 is 1.05 bits per heavy atom. The van der Waals surface area contributed by atoms with Gasteiger partial charge in [0, 0.05) is 6.04 Å². The quantitative estimate of drug-likeness (QED) is 0.407. The highest BCUT2D eigenvalue weighted by Crippen LogP contribution is 2.09. The van der Waals surface area contributed by atoms with Gasteiger partial charge in [0.05, 0.1) is 6.54 Å². The monoisotopic (exact) mass is 298 g/mol. The third-order valence-electron chi connectivity index (χ3n) is 4.14. The number of piperidine rings is 2. The predicted octanol–water partition coefficient (Wildman–Crippen LogP) is 0.513. The van der Waals surface area contributed by atoms with Crippen molar-refractivity contribution >= 4 is 6.29 Å². The van der Waals surface area contributed by atoms with Gasteiger partial charge in [-0.3, -0.25) is 0 Å². The van der Waals surface area contributed by atoms with Gasteiger partial charge < -0.3 is 26.1 Å². The van der Waals surface area contributed by atoms with Gasteiger partial charge >= 0.3 is 0 Å². The normalized spacial score (nSPS) is 20.6. The van der Waals surface area contributed by atoms with Crippen LogP contribution in [0.25, 0.3) is 0 Å². The standard InChI is InChI=1S/C8H16N2O.C8H18N2/c11-6-5-10-7-8-1-3-9-4-2-8;1-2-5-10-8-3-6-9-7-4-8/h6,8-10H,1-5,7H2;8-10H,2-7H2,1H3. The molecule has 0 aromatic carbocycles. The summed E-state index contributed by atoms with van der Waals surface area (Å²) in [5, 5.41) is 13.3. The van der Waals surface area contributed by atoms with Gasteiger partial charge in [-0.05, 0) is 77.3 Å². The third-order valence-corrected chi connectivity index (χ3v) is 4.14. The molecule has 2 saturated heterocycles. The highest BCUT2D eigenvalue weighted by molar-refractivity contribution is 5.51. The summed E-state index contributed by atoms with van der Waals surface area (Å²) < 4.78 is 0. The molecular weight excluding hydrogens is 264 g/mol. The smallest absolute Gasteiger partial charge is 0.133 e. The average Bonchev–Trinajstić information content (AvgIpc) is 2.56. The molecule has 0 saturated carbocycles. The summed E-state index contributed by atoms with van der Waals surface area (Å²) in [5.74, 6) is 0.774. The van der Waals surface area contributed by atoms with Crippen molar-refractivity contribution in [3.05, 3.63) is 0 Å². The Morgan fingerprint density at radius 2 is 1.67 bits per heavy atom. The molecule has 0 aromatic rings. The minimum atomic E-state index is 0.504. The maximum Gasteiger partial charge on any atom is 0.133 e. The van der Waals surface area contributed by atoms with Crippen molar-refractivity contribution in [2.24, 2.45) is 5.92 Å².